The van der Waals surface area contributed by atoms with Crippen molar-refractivity contribution in [1.29, 1.82) is 5.26 Å². The fourth-order valence-corrected chi connectivity index (χ4v) is 5.19. The lowest BCUT2D eigenvalue weighted by molar-refractivity contribution is -0.137. The number of nitrogens with zero attached hydrogens (tertiary/aromatic N) is 3. The molecule has 2 amide bonds. The summed E-state index contributed by atoms with van der Waals surface area (Å²) in [6, 6.07) is 14.3. The first kappa shape index (κ1) is 23.6. The summed E-state index contributed by atoms with van der Waals surface area (Å²) in [5, 5.41) is 11.8. The van der Waals surface area contributed by atoms with E-state index < -0.39 is 28.6 Å². The number of nitrogens with one attached hydrogen (secondary N) is 1. The summed E-state index contributed by atoms with van der Waals surface area (Å²) >= 11 is 0. The summed E-state index contributed by atoms with van der Waals surface area (Å²) in [5.74, 6) is -0.643. The highest BCUT2D eigenvalue weighted by molar-refractivity contribution is 5.94. The van der Waals surface area contributed by atoms with Gasteiger partial charge in [-0.1, -0.05) is 18.2 Å². The minimum Gasteiger partial charge on any atom is -0.370 e. The van der Waals surface area contributed by atoms with Gasteiger partial charge in [-0.3, -0.25) is 9.59 Å². The number of hydrogen-bond acceptors (Lipinski definition) is 4. The van der Waals surface area contributed by atoms with Crippen molar-refractivity contribution in [1.82, 2.24) is 10.2 Å². The first-order chi connectivity index (χ1) is 16.2. The van der Waals surface area contributed by atoms with Gasteiger partial charge in [0.2, 0.25) is 5.91 Å². The summed E-state index contributed by atoms with van der Waals surface area (Å²) in [5.41, 5.74) is -0.930. The Hall–Kier alpha value is -3.54. The van der Waals surface area contributed by atoms with Crippen LogP contribution in [-0.2, 0) is 11.0 Å². The van der Waals surface area contributed by atoms with Crippen molar-refractivity contribution in [2.45, 2.75) is 19.0 Å². The van der Waals surface area contributed by atoms with E-state index >= 15 is 0 Å². The lowest BCUT2D eigenvalue weighted by Gasteiger charge is -2.42. The third-order valence-corrected chi connectivity index (χ3v) is 7.07. The highest BCUT2D eigenvalue weighted by Crippen LogP contribution is 2.47. The Labute approximate surface area is 196 Å². The molecule has 2 aliphatic rings. The highest BCUT2D eigenvalue weighted by atomic mass is 19.4. The normalized spacial score (nSPS) is 19.7. The molecule has 1 N–H and O–H groups in total. The lowest BCUT2D eigenvalue weighted by atomic mass is 9.70. The summed E-state index contributed by atoms with van der Waals surface area (Å²) in [7, 11) is 1.55. The van der Waals surface area contributed by atoms with Crippen molar-refractivity contribution in [2.75, 3.05) is 38.1 Å². The van der Waals surface area contributed by atoms with Crippen molar-refractivity contribution in [2.24, 2.45) is 11.3 Å². The molecule has 1 unspecified atom stereocenters. The molecule has 34 heavy (non-hydrogen) atoms. The van der Waals surface area contributed by atoms with Gasteiger partial charge in [0.25, 0.3) is 5.91 Å². The molecule has 0 radical (unpaired) electrons. The average molecular weight is 470 g/mol. The van der Waals surface area contributed by atoms with Crippen LogP contribution >= 0.6 is 0 Å². The smallest absolute Gasteiger partial charge is 0.370 e. The Morgan fingerprint density at radius 3 is 2.38 bits per heavy atom. The fourth-order valence-electron chi connectivity index (χ4n) is 5.19. The Bertz CT molecular complexity index is 1120. The van der Waals surface area contributed by atoms with Gasteiger partial charge < -0.3 is 15.1 Å². The molecule has 2 saturated heterocycles. The molecule has 6 nitrogen and oxygen atoms in total. The number of alkyl halides is 3. The number of carbonyl (C=O) groups is 2. The van der Waals surface area contributed by atoms with Crippen LogP contribution in [0.15, 0.2) is 48.5 Å². The van der Waals surface area contributed by atoms with E-state index in [0.717, 1.165) is 6.07 Å². The monoisotopic (exact) mass is 470 g/mol. The van der Waals surface area contributed by atoms with Crippen molar-refractivity contribution >= 4 is 17.5 Å². The Morgan fingerprint density at radius 1 is 1.12 bits per heavy atom. The largest absolute Gasteiger partial charge is 0.417 e. The van der Waals surface area contributed by atoms with Gasteiger partial charge >= 0.3 is 6.18 Å². The van der Waals surface area contributed by atoms with Crippen LogP contribution in [0.25, 0.3) is 0 Å². The zero-order valence-electron chi connectivity index (χ0n) is 18.7. The Balaban J connectivity index is 1.58. The molecule has 2 aromatic carbocycles. The van der Waals surface area contributed by atoms with Gasteiger partial charge in [0, 0.05) is 49.9 Å². The van der Waals surface area contributed by atoms with E-state index in [2.05, 4.69) is 5.32 Å². The van der Waals surface area contributed by atoms with E-state index in [0.29, 0.717) is 43.7 Å². The van der Waals surface area contributed by atoms with Gasteiger partial charge in [-0.05, 0) is 43.2 Å². The van der Waals surface area contributed by atoms with E-state index in [9.17, 15) is 22.8 Å². The number of carbonyl (C=O) groups excluding carboxylic acids is 2. The van der Waals surface area contributed by atoms with Gasteiger partial charge in [-0.15, -0.1) is 0 Å². The molecule has 0 saturated carbocycles. The molecule has 0 aliphatic carbocycles. The quantitative estimate of drug-likeness (QED) is 0.743. The highest BCUT2D eigenvalue weighted by Gasteiger charge is 2.51. The molecule has 2 aromatic rings. The molecule has 2 heterocycles. The minimum absolute atomic E-state index is 0.0660. The van der Waals surface area contributed by atoms with Gasteiger partial charge in [-0.2, -0.15) is 18.4 Å². The molecule has 0 aromatic heterocycles. The second-order valence-electron chi connectivity index (χ2n) is 8.91. The minimum atomic E-state index is -4.65. The molecule has 1 spiro atoms. The van der Waals surface area contributed by atoms with Gasteiger partial charge in [0.1, 0.15) is 0 Å². The Morgan fingerprint density at radius 2 is 1.79 bits per heavy atom. The molecule has 0 bridgehead atoms. The van der Waals surface area contributed by atoms with Crippen LogP contribution in [0.3, 0.4) is 0 Å². The topological polar surface area (TPSA) is 76.4 Å². The van der Waals surface area contributed by atoms with Crippen LogP contribution in [0.4, 0.5) is 18.9 Å². The number of likely N-dealkylation sites (tertiary alicyclic amines) is 1. The summed E-state index contributed by atoms with van der Waals surface area (Å²) < 4.78 is 40.5. The SMILES string of the molecule is CNC(=O)C1CN(c2ccc(C#N)c(C(F)(F)F)c2)CC12CCN(C(=O)c1ccccc1)CC2. The molecule has 1 atom stereocenters. The van der Waals surface area contributed by atoms with E-state index in [4.69, 9.17) is 5.26 Å². The number of amides is 2. The first-order valence-corrected chi connectivity index (χ1v) is 11.1. The summed E-state index contributed by atoms with van der Waals surface area (Å²) in [4.78, 5) is 29.2. The van der Waals surface area contributed by atoms with E-state index in [1.807, 2.05) is 18.2 Å². The predicted molar refractivity (Wildman–Crippen MR) is 120 cm³/mol. The maximum atomic E-state index is 13.5. The molecular formula is C25H25F3N4O2. The zero-order valence-corrected chi connectivity index (χ0v) is 18.7. The summed E-state index contributed by atoms with van der Waals surface area (Å²) in [6.07, 6.45) is -3.51. The zero-order chi connectivity index (χ0) is 24.5. The van der Waals surface area contributed by atoms with Crippen LogP contribution in [0.1, 0.15) is 34.3 Å². The lowest BCUT2D eigenvalue weighted by Crippen LogP contribution is -2.49. The molecule has 2 fully saturated rings. The third kappa shape index (κ3) is 4.32. The number of nitriles is 1. The second kappa shape index (κ2) is 9.01. The van der Waals surface area contributed by atoms with Crippen molar-refractivity contribution in [3.05, 3.63) is 65.2 Å². The number of rotatable bonds is 3. The number of benzene rings is 2. The van der Waals surface area contributed by atoms with Crippen LogP contribution in [0.5, 0.6) is 0 Å². The van der Waals surface area contributed by atoms with E-state index in [-0.39, 0.29) is 18.4 Å². The average Bonchev–Trinajstić information content (AvgIpc) is 3.22. The number of halogens is 3. The first-order valence-electron chi connectivity index (χ1n) is 11.1. The van der Waals surface area contributed by atoms with E-state index in [1.54, 1.807) is 35.0 Å². The number of anilines is 1. The van der Waals surface area contributed by atoms with Crippen LogP contribution in [0, 0.1) is 22.7 Å². The molecular weight excluding hydrogens is 445 g/mol. The number of hydrogen-bond donors (Lipinski definition) is 1. The molecule has 2 aliphatic heterocycles. The third-order valence-electron chi connectivity index (χ3n) is 7.07. The van der Waals surface area contributed by atoms with Crippen molar-refractivity contribution < 1.29 is 22.8 Å². The van der Waals surface area contributed by atoms with Gasteiger partial charge in [0.15, 0.2) is 0 Å². The second-order valence-corrected chi connectivity index (χ2v) is 8.91. The van der Waals surface area contributed by atoms with Gasteiger partial charge in [-0.25, -0.2) is 0 Å². The van der Waals surface area contributed by atoms with Gasteiger partial charge in [0.05, 0.1) is 23.1 Å². The summed E-state index contributed by atoms with van der Waals surface area (Å²) in [6.45, 7) is 1.61. The van der Waals surface area contributed by atoms with Crippen molar-refractivity contribution in [3.8, 4) is 6.07 Å². The maximum Gasteiger partial charge on any atom is 0.417 e. The Kier molecular flexibility index (Phi) is 6.26. The van der Waals surface area contributed by atoms with Crippen LogP contribution in [0.2, 0.25) is 0 Å². The standard InChI is InChI=1S/C25H25F3N4O2/c1-30-22(33)21-15-32(19-8-7-18(14-29)20(13-19)25(26,27)28)16-24(21)9-11-31(12-10-24)23(34)17-5-3-2-4-6-17/h2-8,13,21H,9-12,15-16H2,1H3,(H,30,33). The van der Waals surface area contributed by atoms with Crippen LogP contribution in [-0.4, -0.2) is 49.9 Å². The van der Waals surface area contributed by atoms with Crippen molar-refractivity contribution in [3.63, 3.8) is 0 Å². The predicted octanol–water partition coefficient (Wildman–Crippen LogP) is 3.68. The molecule has 4 rings (SSSR count). The maximum absolute atomic E-state index is 13.5. The molecule has 9 heteroatoms. The fraction of sp³-hybridized carbons (Fsp3) is 0.400. The number of piperidine rings is 1. The van der Waals surface area contributed by atoms with Crippen LogP contribution < -0.4 is 10.2 Å². The van der Waals surface area contributed by atoms with E-state index in [1.165, 1.54) is 12.1 Å². The molecule has 178 valence electrons.